The smallest absolute Gasteiger partial charge is 0.244 e. The molecule has 114 valence electrons. The van der Waals surface area contributed by atoms with E-state index in [2.05, 4.69) is 5.32 Å². The zero-order valence-corrected chi connectivity index (χ0v) is 13.0. The molecule has 0 fully saturated rings. The first-order chi connectivity index (χ1) is 10.6. The maximum absolute atomic E-state index is 12.9. The molecule has 1 atom stereocenters. The number of rotatable bonds is 5. The van der Waals surface area contributed by atoms with Gasteiger partial charge >= 0.3 is 0 Å². The zero-order chi connectivity index (χ0) is 15.9. The van der Waals surface area contributed by atoms with Gasteiger partial charge in [0.05, 0.1) is 0 Å². The summed E-state index contributed by atoms with van der Waals surface area (Å²) < 4.78 is 12.9. The van der Waals surface area contributed by atoms with Crippen LogP contribution in [0.2, 0.25) is 5.02 Å². The summed E-state index contributed by atoms with van der Waals surface area (Å²) in [5, 5.41) is 3.43. The summed E-state index contributed by atoms with van der Waals surface area (Å²) in [5.41, 5.74) is 1.78. The van der Waals surface area contributed by atoms with Crippen molar-refractivity contribution < 1.29 is 9.18 Å². The van der Waals surface area contributed by atoms with Crippen molar-refractivity contribution >= 4 is 23.6 Å². The van der Waals surface area contributed by atoms with Crippen molar-refractivity contribution in [2.24, 2.45) is 0 Å². The Morgan fingerprint density at radius 3 is 2.59 bits per heavy atom. The lowest BCUT2D eigenvalue weighted by molar-refractivity contribution is -0.116. The minimum absolute atomic E-state index is 0.110. The molecular weight excluding hydrogens is 301 g/mol. The molecular formula is C18H17ClFNO. The molecule has 2 nitrogen and oxygen atoms in total. The van der Waals surface area contributed by atoms with Gasteiger partial charge in [-0.25, -0.2) is 4.39 Å². The average Bonchev–Trinajstić information content (AvgIpc) is 2.52. The highest BCUT2D eigenvalue weighted by Crippen LogP contribution is 2.16. The van der Waals surface area contributed by atoms with E-state index in [-0.39, 0.29) is 17.6 Å². The van der Waals surface area contributed by atoms with Crippen LogP contribution in [0.25, 0.3) is 6.08 Å². The number of hydrogen-bond acceptors (Lipinski definition) is 1. The molecule has 1 N–H and O–H groups in total. The largest absolute Gasteiger partial charge is 0.352 e. The first kappa shape index (κ1) is 16.2. The third-order valence-corrected chi connectivity index (χ3v) is 3.69. The van der Waals surface area contributed by atoms with Gasteiger partial charge in [-0.15, -0.1) is 0 Å². The zero-order valence-electron chi connectivity index (χ0n) is 12.2. The van der Waals surface area contributed by atoms with Crippen molar-refractivity contribution in [1.29, 1.82) is 0 Å². The van der Waals surface area contributed by atoms with Gasteiger partial charge in [0.2, 0.25) is 5.91 Å². The molecule has 2 aromatic rings. The van der Waals surface area contributed by atoms with Crippen molar-refractivity contribution in [2.75, 3.05) is 6.54 Å². The van der Waals surface area contributed by atoms with E-state index in [9.17, 15) is 9.18 Å². The highest BCUT2D eigenvalue weighted by molar-refractivity contribution is 6.32. The second-order valence-corrected chi connectivity index (χ2v) is 5.46. The molecule has 1 amide bonds. The fraction of sp³-hybridized carbons (Fsp3) is 0.167. The van der Waals surface area contributed by atoms with Crippen molar-refractivity contribution in [3.8, 4) is 0 Å². The molecule has 1 unspecified atom stereocenters. The predicted octanol–water partition coefficient (Wildman–Crippen LogP) is 4.41. The van der Waals surface area contributed by atoms with Crippen LogP contribution >= 0.6 is 11.6 Å². The molecule has 0 aliphatic carbocycles. The topological polar surface area (TPSA) is 29.1 Å². The van der Waals surface area contributed by atoms with Crippen LogP contribution < -0.4 is 5.32 Å². The summed E-state index contributed by atoms with van der Waals surface area (Å²) in [4.78, 5) is 11.8. The highest BCUT2D eigenvalue weighted by atomic mass is 35.5. The van der Waals surface area contributed by atoms with Gasteiger partial charge in [-0.2, -0.15) is 0 Å². The van der Waals surface area contributed by atoms with Crippen LogP contribution in [0, 0.1) is 5.82 Å². The number of amides is 1. The number of carbonyl (C=O) groups excluding carboxylic acids is 1. The Morgan fingerprint density at radius 1 is 1.23 bits per heavy atom. The second kappa shape index (κ2) is 7.76. The third-order valence-electron chi connectivity index (χ3n) is 3.34. The van der Waals surface area contributed by atoms with Crippen LogP contribution in [0.3, 0.4) is 0 Å². The van der Waals surface area contributed by atoms with E-state index >= 15 is 0 Å². The Balaban J connectivity index is 1.87. The molecule has 0 aliphatic heterocycles. The maximum Gasteiger partial charge on any atom is 0.244 e. The number of halogens is 2. The third kappa shape index (κ3) is 4.71. The van der Waals surface area contributed by atoms with Crippen LogP contribution in [-0.4, -0.2) is 12.5 Å². The molecule has 2 aromatic carbocycles. The van der Waals surface area contributed by atoms with Crippen molar-refractivity contribution in [3.63, 3.8) is 0 Å². The summed E-state index contributed by atoms with van der Waals surface area (Å²) in [5.74, 6) is -0.338. The van der Waals surface area contributed by atoms with Crippen LogP contribution in [0.15, 0.2) is 54.6 Å². The number of carbonyl (C=O) groups is 1. The van der Waals surface area contributed by atoms with Gasteiger partial charge in [0.1, 0.15) is 5.82 Å². The minimum atomic E-state index is -0.261. The lowest BCUT2D eigenvalue weighted by atomic mass is 10.0. The first-order valence-electron chi connectivity index (χ1n) is 7.02. The molecule has 0 aliphatic rings. The number of benzene rings is 2. The van der Waals surface area contributed by atoms with Crippen LogP contribution in [-0.2, 0) is 4.79 Å². The fourth-order valence-electron chi connectivity index (χ4n) is 2.00. The van der Waals surface area contributed by atoms with Gasteiger partial charge in [0, 0.05) is 17.6 Å². The molecule has 0 bridgehead atoms. The van der Waals surface area contributed by atoms with Gasteiger partial charge in [0.15, 0.2) is 0 Å². The lowest BCUT2D eigenvalue weighted by Crippen LogP contribution is -2.25. The number of hydrogen-bond donors (Lipinski definition) is 1. The van der Waals surface area contributed by atoms with Crippen molar-refractivity contribution in [2.45, 2.75) is 12.8 Å². The monoisotopic (exact) mass is 317 g/mol. The lowest BCUT2D eigenvalue weighted by Gasteiger charge is -2.12. The van der Waals surface area contributed by atoms with E-state index in [1.165, 1.54) is 18.2 Å². The predicted molar refractivity (Wildman–Crippen MR) is 88.3 cm³/mol. The van der Waals surface area contributed by atoms with Crippen molar-refractivity contribution in [3.05, 3.63) is 76.6 Å². The first-order valence-corrected chi connectivity index (χ1v) is 7.40. The van der Waals surface area contributed by atoms with E-state index in [0.29, 0.717) is 11.6 Å². The summed E-state index contributed by atoms with van der Waals surface area (Å²) in [7, 11) is 0. The normalized spacial score (nSPS) is 12.3. The Bertz CT molecular complexity index is 667. The van der Waals surface area contributed by atoms with E-state index in [1.807, 2.05) is 25.1 Å². The molecule has 0 heterocycles. The number of nitrogens with one attached hydrogen (secondary N) is 1. The minimum Gasteiger partial charge on any atom is -0.352 e. The molecule has 2 rings (SSSR count). The fourth-order valence-corrected chi connectivity index (χ4v) is 2.20. The summed E-state index contributed by atoms with van der Waals surface area (Å²) in [6, 6.07) is 13.6. The Hall–Kier alpha value is -2.13. The van der Waals surface area contributed by atoms with Crippen LogP contribution in [0.4, 0.5) is 4.39 Å². The summed E-state index contributed by atoms with van der Waals surface area (Å²) in [6.45, 7) is 2.46. The van der Waals surface area contributed by atoms with Gasteiger partial charge in [-0.05, 0) is 41.3 Å². The maximum atomic E-state index is 12.9. The Kier molecular flexibility index (Phi) is 5.73. The van der Waals surface area contributed by atoms with Gasteiger partial charge < -0.3 is 5.32 Å². The SMILES string of the molecule is CC(CNC(=O)/C=C/c1ccccc1Cl)c1ccc(F)cc1. The van der Waals surface area contributed by atoms with E-state index in [0.717, 1.165) is 11.1 Å². The Morgan fingerprint density at radius 2 is 1.91 bits per heavy atom. The van der Waals surface area contributed by atoms with Gasteiger partial charge in [-0.1, -0.05) is 48.9 Å². The quantitative estimate of drug-likeness (QED) is 0.813. The molecule has 0 aromatic heterocycles. The molecule has 0 radical (unpaired) electrons. The Labute approximate surface area is 134 Å². The van der Waals surface area contributed by atoms with Crippen molar-refractivity contribution in [1.82, 2.24) is 5.32 Å². The van der Waals surface area contributed by atoms with E-state index in [1.54, 1.807) is 24.3 Å². The standard InChI is InChI=1S/C18H17ClFNO/c1-13(14-6-9-16(20)10-7-14)12-21-18(22)11-8-15-4-2-3-5-17(15)19/h2-11,13H,12H2,1H3,(H,21,22)/b11-8+. The van der Waals surface area contributed by atoms with Crippen LogP contribution in [0.5, 0.6) is 0 Å². The van der Waals surface area contributed by atoms with E-state index < -0.39 is 0 Å². The van der Waals surface area contributed by atoms with E-state index in [4.69, 9.17) is 11.6 Å². The molecule has 22 heavy (non-hydrogen) atoms. The molecule has 0 saturated carbocycles. The summed E-state index contributed by atoms with van der Waals surface area (Å²) in [6.07, 6.45) is 3.14. The second-order valence-electron chi connectivity index (χ2n) is 5.05. The van der Waals surface area contributed by atoms with Crippen LogP contribution in [0.1, 0.15) is 24.0 Å². The van der Waals surface area contributed by atoms with Gasteiger partial charge in [-0.3, -0.25) is 4.79 Å². The molecule has 4 heteroatoms. The van der Waals surface area contributed by atoms with Gasteiger partial charge in [0.25, 0.3) is 0 Å². The molecule has 0 spiro atoms. The average molecular weight is 318 g/mol. The molecule has 0 saturated heterocycles. The summed E-state index contributed by atoms with van der Waals surface area (Å²) >= 11 is 6.01. The highest BCUT2D eigenvalue weighted by Gasteiger charge is 2.06.